The Labute approximate surface area is 74.1 Å². The molecule has 2 bridgehead atoms. The molecular weight excluding hydrogens is 148 g/mol. The second-order valence-electron chi connectivity index (χ2n) is 4.67. The van der Waals surface area contributed by atoms with E-state index in [0.717, 1.165) is 0 Å². The van der Waals surface area contributed by atoms with E-state index in [0.29, 0.717) is 11.8 Å². The predicted molar refractivity (Wildman–Crippen MR) is 49.7 cm³/mol. The van der Waals surface area contributed by atoms with Crippen LogP contribution >= 0.6 is 0 Å². The van der Waals surface area contributed by atoms with Crippen LogP contribution in [-0.4, -0.2) is 5.60 Å². The van der Waals surface area contributed by atoms with E-state index in [1.165, 1.54) is 12.2 Å². The molecule has 0 spiro atoms. The van der Waals surface area contributed by atoms with Gasteiger partial charge >= 0.3 is 0 Å². The Kier molecular flexibility index (Phi) is 1.57. The van der Waals surface area contributed by atoms with Crippen LogP contribution in [0.1, 0.15) is 27.2 Å². The second-order valence-corrected chi connectivity index (χ2v) is 4.67. The van der Waals surface area contributed by atoms with Crippen LogP contribution in [-0.2, 0) is 4.74 Å². The van der Waals surface area contributed by atoms with Crippen LogP contribution in [0.2, 0.25) is 0 Å². The summed E-state index contributed by atoms with van der Waals surface area (Å²) in [7, 11) is 0. The summed E-state index contributed by atoms with van der Waals surface area (Å²) in [5, 5.41) is 0. The van der Waals surface area contributed by atoms with Crippen molar-refractivity contribution < 1.29 is 4.74 Å². The molecule has 0 saturated heterocycles. The van der Waals surface area contributed by atoms with Gasteiger partial charge in [-0.15, -0.1) is 0 Å². The molecular formula is C11H16O. The summed E-state index contributed by atoms with van der Waals surface area (Å²) in [6.45, 7) is 6.30. The highest BCUT2D eigenvalue weighted by atomic mass is 16.5. The highest BCUT2D eigenvalue weighted by Crippen LogP contribution is 2.40. The molecule has 0 aliphatic heterocycles. The monoisotopic (exact) mass is 164 g/mol. The van der Waals surface area contributed by atoms with Crippen LogP contribution < -0.4 is 0 Å². The summed E-state index contributed by atoms with van der Waals surface area (Å²) in [5.41, 5.74) is -0.0375. The van der Waals surface area contributed by atoms with E-state index in [4.69, 9.17) is 4.74 Å². The van der Waals surface area contributed by atoms with E-state index in [-0.39, 0.29) is 5.60 Å². The minimum absolute atomic E-state index is 0.0375. The van der Waals surface area contributed by atoms with Crippen molar-refractivity contribution in [1.82, 2.24) is 0 Å². The van der Waals surface area contributed by atoms with Crippen molar-refractivity contribution >= 4 is 0 Å². The van der Waals surface area contributed by atoms with Crippen molar-refractivity contribution in [1.29, 1.82) is 0 Å². The van der Waals surface area contributed by atoms with Gasteiger partial charge in [-0.05, 0) is 39.2 Å². The zero-order chi connectivity index (χ0) is 8.77. The van der Waals surface area contributed by atoms with Gasteiger partial charge in [0.25, 0.3) is 0 Å². The average Bonchev–Trinajstić information content (AvgIpc) is 2.42. The van der Waals surface area contributed by atoms with Gasteiger partial charge in [-0.25, -0.2) is 0 Å². The Bertz CT molecular complexity index is 242. The molecule has 0 amide bonds. The maximum Gasteiger partial charge on any atom is 0.100 e. The molecule has 0 radical (unpaired) electrons. The number of ether oxygens (including phenoxy) is 1. The topological polar surface area (TPSA) is 9.23 Å². The molecule has 0 fully saturated rings. The lowest BCUT2D eigenvalue weighted by Crippen LogP contribution is -2.20. The van der Waals surface area contributed by atoms with E-state index in [2.05, 4.69) is 39.0 Å². The molecule has 1 heteroatoms. The van der Waals surface area contributed by atoms with Gasteiger partial charge in [0.15, 0.2) is 0 Å². The summed E-state index contributed by atoms with van der Waals surface area (Å²) in [5.74, 6) is 2.43. The van der Waals surface area contributed by atoms with Gasteiger partial charge in [0.05, 0.1) is 0 Å². The highest BCUT2D eigenvalue weighted by molar-refractivity contribution is 5.26. The van der Waals surface area contributed by atoms with E-state index in [1.54, 1.807) is 0 Å². The largest absolute Gasteiger partial charge is 0.492 e. The maximum absolute atomic E-state index is 5.84. The van der Waals surface area contributed by atoms with Gasteiger partial charge in [0.2, 0.25) is 0 Å². The van der Waals surface area contributed by atoms with Crippen molar-refractivity contribution in [2.75, 3.05) is 0 Å². The lowest BCUT2D eigenvalue weighted by atomic mass is 10.1. The third-order valence-corrected chi connectivity index (χ3v) is 2.28. The number of hydrogen-bond donors (Lipinski definition) is 0. The number of fused-ring (bicyclic) bond motifs is 2. The molecule has 0 aromatic carbocycles. The summed E-state index contributed by atoms with van der Waals surface area (Å²) in [4.78, 5) is 0. The molecule has 2 aliphatic carbocycles. The Balaban J connectivity index is 2.04. The molecule has 0 saturated carbocycles. The zero-order valence-corrected chi connectivity index (χ0v) is 8.00. The Hall–Kier alpha value is -0.720. The molecule has 0 N–H and O–H groups in total. The standard InChI is InChI=1S/C11H16O/c1-11(2,3)12-10-7-8-4-5-9(10)6-8/h4-5,7-9H,6H2,1-3H3. The van der Waals surface area contributed by atoms with Crippen LogP contribution in [0.5, 0.6) is 0 Å². The lowest BCUT2D eigenvalue weighted by Gasteiger charge is -2.24. The first-order valence-electron chi connectivity index (χ1n) is 4.64. The SMILES string of the molecule is CC(C)(C)OC1=CC2C=CC1C2. The Morgan fingerprint density at radius 2 is 2.08 bits per heavy atom. The van der Waals surface area contributed by atoms with Gasteiger partial charge in [0.1, 0.15) is 11.4 Å². The van der Waals surface area contributed by atoms with Crippen LogP contribution in [0, 0.1) is 11.8 Å². The quantitative estimate of drug-likeness (QED) is 0.541. The molecule has 66 valence electrons. The van der Waals surface area contributed by atoms with Crippen molar-refractivity contribution in [3.05, 3.63) is 24.0 Å². The van der Waals surface area contributed by atoms with Crippen LogP contribution in [0.25, 0.3) is 0 Å². The normalized spacial score (nSPS) is 32.4. The van der Waals surface area contributed by atoms with Crippen molar-refractivity contribution in [3.8, 4) is 0 Å². The Morgan fingerprint density at radius 1 is 1.33 bits per heavy atom. The summed E-state index contributed by atoms with van der Waals surface area (Å²) >= 11 is 0. The molecule has 2 unspecified atom stereocenters. The van der Waals surface area contributed by atoms with Gasteiger partial charge < -0.3 is 4.74 Å². The van der Waals surface area contributed by atoms with Crippen LogP contribution in [0.15, 0.2) is 24.0 Å². The van der Waals surface area contributed by atoms with Crippen molar-refractivity contribution in [3.63, 3.8) is 0 Å². The van der Waals surface area contributed by atoms with Crippen LogP contribution in [0.3, 0.4) is 0 Å². The molecule has 1 nitrogen and oxygen atoms in total. The summed E-state index contributed by atoms with van der Waals surface area (Å²) in [6, 6.07) is 0. The molecule has 0 aromatic rings. The molecule has 2 atom stereocenters. The minimum Gasteiger partial charge on any atom is -0.492 e. The second kappa shape index (κ2) is 2.38. The average molecular weight is 164 g/mol. The first-order valence-corrected chi connectivity index (χ1v) is 4.64. The Morgan fingerprint density at radius 3 is 2.50 bits per heavy atom. The predicted octanol–water partition coefficient (Wildman–Crippen LogP) is 2.89. The molecule has 2 rings (SSSR count). The fourth-order valence-electron chi connectivity index (χ4n) is 1.86. The first kappa shape index (κ1) is 7.90. The molecule has 0 heterocycles. The van der Waals surface area contributed by atoms with E-state index >= 15 is 0 Å². The zero-order valence-electron chi connectivity index (χ0n) is 8.00. The first-order chi connectivity index (χ1) is 5.54. The lowest BCUT2D eigenvalue weighted by molar-refractivity contribution is 0.0416. The van der Waals surface area contributed by atoms with Gasteiger partial charge in [-0.2, -0.15) is 0 Å². The van der Waals surface area contributed by atoms with Gasteiger partial charge in [-0.3, -0.25) is 0 Å². The van der Waals surface area contributed by atoms with Crippen LogP contribution in [0.4, 0.5) is 0 Å². The number of allylic oxidation sites excluding steroid dienone is 3. The van der Waals surface area contributed by atoms with Crippen molar-refractivity contribution in [2.45, 2.75) is 32.8 Å². The molecule has 0 aromatic heterocycles. The summed E-state index contributed by atoms with van der Waals surface area (Å²) in [6.07, 6.45) is 8.05. The third-order valence-electron chi connectivity index (χ3n) is 2.28. The van der Waals surface area contributed by atoms with E-state index < -0.39 is 0 Å². The highest BCUT2D eigenvalue weighted by Gasteiger charge is 2.31. The van der Waals surface area contributed by atoms with E-state index in [9.17, 15) is 0 Å². The third kappa shape index (κ3) is 1.40. The smallest absolute Gasteiger partial charge is 0.100 e. The fraction of sp³-hybridized carbons (Fsp3) is 0.636. The van der Waals surface area contributed by atoms with Crippen molar-refractivity contribution in [2.24, 2.45) is 11.8 Å². The number of rotatable bonds is 1. The molecule has 2 aliphatic rings. The fourth-order valence-corrected chi connectivity index (χ4v) is 1.86. The van der Waals surface area contributed by atoms with E-state index in [1.807, 2.05) is 0 Å². The maximum atomic E-state index is 5.84. The minimum atomic E-state index is -0.0375. The summed E-state index contributed by atoms with van der Waals surface area (Å²) < 4.78 is 5.84. The van der Waals surface area contributed by atoms with Gasteiger partial charge in [0, 0.05) is 5.92 Å². The van der Waals surface area contributed by atoms with Gasteiger partial charge in [-0.1, -0.05) is 12.2 Å². The molecule has 12 heavy (non-hydrogen) atoms. The number of hydrogen-bond acceptors (Lipinski definition) is 1.